The summed E-state index contributed by atoms with van der Waals surface area (Å²) in [6.45, 7) is 0.557. The minimum atomic E-state index is -4.45. The summed E-state index contributed by atoms with van der Waals surface area (Å²) < 4.78 is 40.1. The van der Waals surface area contributed by atoms with Gasteiger partial charge in [-0.15, -0.1) is 0 Å². The molecule has 5 nitrogen and oxygen atoms in total. The van der Waals surface area contributed by atoms with Crippen LogP contribution in [0.3, 0.4) is 0 Å². The van der Waals surface area contributed by atoms with E-state index in [1.54, 1.807) is 11.6 Å². The van der Waals surface area contributed by atoms with E-state index in [0.717, 1.165) is 12.1 Å². The van der Waals surface area contributed by atoms with Crippen molar-refractivity contribution in [3.05, 3.63) is 35.5 Å². The standard InChI is InChI=1S/C17H17F3N2O3/c1-21-13-5-4-12(17(18,19)20)7-11(13)8-14(21)15(23)22-6-2-3-10(9-22)16(24)25/h4-5,7-8,10H,2-3,6,9H2,1H3,(H,24,25)/t10-/m1/s1. The van der Waals surface area contributed by atoms with Crippen LogP contribution in [0.4, 0.5) is 13.2 Å². The number of likely N-dealkylation sites (tertiary alicyclic amines) is 1. The Morgan fingerprint density at radius 1 is 1.24 bits per heavy atom. The van der Waals surface area contributed by atoms with Crippen LogP contribution in [-0.4, -0.2) is 39.5 Å². The lowest BCUT2D eigenvalue weighted by molar-refractivity contribution is -0.143. The molecule has 2 aromatic rings. The van der Waals surface area contributed by atoms with Gasteiger partial charge in [-0.25, -0.2) is 0 Å². The fraction of sp³-hybridized carbons (Fsp3) is 0.412. The summed E-state index contributed by atoms with van der Waals surface area (Å²) in [7, 11) is 1.61. The van der Waals surface area contributed by atoms with E-state index in [1.807, 2.05) is 0 Å². The van der Waals surface area contributed by atoms with Gasteiger partial charge in [-0.3, -0.25) is 9.59 Å². The number of fused-ring (bicyclic) bond motifs is 1. The summed E-state index contributed by atoms with van der Waals surface area (Å²) in [5.41, 5.74) is -0.00276. The summed E-state index contributed by atoms with van der Waals surface area (Å²) in [4.78, 5) is 25.3. The molecule has 1 amide bonds. The highest BCUT2D eigenvalue weighted by Gasteiger charge is 2.32. The molecule has 8 heteroatoms. The van der Waals surface area contributed by atoms with E-state index < -0.39 is 23.6 Å². The molecule has 1 aromatic carbocycles. The average molecular weight is 354 g/mol. The predicted molar refractivity (Wildman–Crippen MR) is 84.2 cm³/mol. The van der Waals surface area contributed by atoms with Gasteiger partial charge in [-0.2, -0.15) is 13.2 Å². The van der Waals surface area contributed by atoms with Gasteiger partial charge in [0.15, 0.2) is 0 Å². The smallest absolute Gasteiger partial charge is 0.416 e. The number of alkyl halides is 3. The average Bonchev–Trinajstić information content (AvgIpc) is 2.90. The van der Waals surface area contributed by atoms with Crippen molar-refractivity contribution < 1.29 is 27.9 Å². The normalized spacial score (nSPS) is 18.6. The highest BCUT2D eigenvalue weighted by Crippen LogP contribution is 2.32. The summed E-state index contributed by atoms with van der Waals surface area (Å²) in [5, 5.41) is 9.46. The number of carbonyl (C=O) groups is 2. The number of halogens is 3. The number of piperidine rings is 1. The Balaban J connectivity index is 1.94. The highest BCUT2D eigenvalue weighted by atomic mass is 19.4. The van der Waals surface area contributed by atoms with Crippen molar-refractivity contribution in [1.82, 2.24) is 9.47 Å². The molecular weight excluding hydrogens is 337 g/mol. The van der Waals surface area contributed by atoms with Crippen LogP contribution in [0.15, 0.2) is 24.3 Å². The minimum absolute atomic E-state index is 0.115. The maximum absolute atomic E-state index is 12.9. The fourth-order valence-electron chi connectivity index (χ4n) is 3.26. The van der Waals surface area contributed by atoms with Gasteiger partial charge in [0, 0.05) is 31.0 Å². The maximum atomic E-state index is 12.9. The van der Waals surface area contributed by atoms with Crippen LogP contribution < -0.4 is 0 Å². The first-order valence-electron chi connectivity index (χ1n) is 7.87. The number of carboxylic acid groups (broad SMARTS) is 1. The van der Waals surface area contributed by atoms with Crippen molar-refractivity contribution in [2.45, 2.75) is 19.0 Å². The Morgan fingerprint density at radius 3 is 2.60 bits per heavy atom. The first-order chi connectivity index (χ1) is 11.7. The zero-order valence-electron chi connectivity index (χ0n) is 13.5. The van der Waals surface area contributed by atoms with Crippen LogP contribution in [0.2, 0.25) is 0 Å². The SMILES string of the molecule is Cn1c(C(=O)N2CCC[C@@H](C(=O)O)C2)cc2cc(C(F)(F)F)ccc21. The molecule has 0 bridgehead atoms. The van der Waals surface area contributed by atoms with E-state index in [0.29, 0.717) is 30.3 Å². The Morgan fingerprint density at radius 2 is 1.96 bits per heavy atom. The Labute approximate surface area is 141 Å². The molecule has 134 valence electrons. The largest absolute Gasteiger partial charge is 0.481 e. The molecule has 1 N–H and O–H groups in total. The number of hydrogen-bond donors (Lipinski definition) is 1. The van der Waals surface area contributed by atoms with Gasteiger partial charge in [0.1, 0.15) is 5.69 Å². The van der Waals surface area contributed by atoms with Crippen molar-refractivity contribution in [2.24, 2.45) is 13.0 Å². The molecule has 25 heavy (non-hydrogen) atoms. The number of rotatable bonds is 2. The molecule has 2 heterocycles. The molecule has 3 rings (SSSR count). The zero-order valence-corrected chi connectivity index (χ0v) is 13.5. The number of amides is 1. The third-order valence-corrected chi connectivity index (χ3v) is 4.65. The van der Waals surface area contributed by atoms with E-state index in [4.69, 9.17) is 5.11 Å². The topological polar surface area (TPSA) is 62.5 Å². The lowest BCUT2D eigenvalue weighted by Gasteiger charge is -2.30. The van der Waals surface area contributed by atoms with Gasteiger partial charge in [-0.1, -0.05) is 0 Å². The second-order valence-corrected chi connectivity index (χ2v) is 6.29. The minimum Gasteiger partial charge on any atom is -0.481 e. The molecule has 1 fully saturated rings. The van der Waals surface area contributed by atoms with Gasteiger partial charge < -0.3 is 14.6 Å². The molecular formula is C17H17F3N2O3. The zero-order chi connectivity index (χ0) is 18.4. The van der Waals surface area contributed by atoms with Crippen molar-refractivity contribution in [3.8, 4) is 0 Å². The summed E-state index contributed by atoms with van der Waals surface area (Å²) >= 11 is 0. The lowest BCUT2D eigenvalue weighted by Crippen LogP contribution is -2.42. The van der Waals surface area contributed by atoms with Crippen molar-refractivity contribution in [1.29, 1.82) is 0 Å². The van der Waals surface area contributed by atoms with E-state index >= 15 is 0 Å². The maximum Gasteiger partial charge on any atom is 0.416 e. The van der Waals surface area contributed by atoms with Crippen LogP contribution in [-0.2, 0) is 18.0 Å². The number of carbonyl (C=O) groups excluding carboxylic acids is 1. The van der Waals surface area contributed by atoms with Gasteiger partial charge in [0.05, 0.1) is 11.5 Å². The molecule has 1 saturated heterocycles. The van der Waals surface area contributed by atoms with Crippen molar-refractivity contribution in [3.63, 3.8) is 0 Å². The second-order valence-electron chi connectivity index (χ2n) is 6.29. The summed E-state index contributed by atoms with van der Waals surface area (Å²) in [6.07, 6.45) is -3.34. The molecule has 1 aliphatic heterocycles. The van der Waals surface area contributed by atoms with Gasteiger partial charge in [-0.05, 0) is 37.1 Å². The van der Waals surface area contributed by atoms with Gasteiger partial charge in [0.2, 0.25) is 0 Å². The van der Waals surface area contributed by atoms with Crippen LogP contribution in [0.5, 0.6) is 0 Å². The summed E-state index contributed by atoms with van der Waals surface area (Å²) in [6, 6.07) is 4.77. The van der Waals surface area contributed by atoms with Crippen LogP contribution >= 0.6 is 0 Å². The quantitative estimate of drug-likeness (QED) is 0.901. The number of carboxylic acids is 1. The predicted octanol–water partition coefficient (Wildman–Crippen LogP) is 3.13. The first-order valence-corrected chi connectivity index (χ1v) is 7.87. The second kappa shape index (κ2) is 6.09. The summed E-state index contributed by atoms with van der Waals surface area (Å²) in [5.74, 6) is -1.91. The first kappa shape index (κ1) is 17.3. The molecule has 1 aromatic heterocycles. The van der Waals surface area contributed by atoms with Gasteiger partial charge in [0.25, 0.3) is 5.91 Å². The Bertz CT molecular complexity index is 842. The lowest BCUT2D eigenvalue weighted by atomic mass is 9.98. The fourth-order valence-corrected chi connectivity index (χ4v) is 3.26. The van der Waals surface area contributed by atoms with Crippen LogP contribution in [0, 0.1) is 5.92 Å². The van der Waals surface area contributed by atoms with Crippen LogP contribution in [0.1, 0.15) is 28.9 Å². The molecule has 0 radical (unpaired) electrons. The molecule has 1 aliphatic rings. The van der Waals surface area contributed by atoms with E-state index in [2.05, 4.69) is 0 Å². The molecule has 1 atom stereocenters. The van der Waals surface area contributed by atoms with Crippen molar-refractivity contribution >= 4 is 22.8 Å². The van der Waals surface area contributed by atoms with E-state index in [1.165, 1.54) is 17.0 Å². The van der Waals surface area contributed by atoms with Gasteiger partial charge >= 0.3 is 12.1 Å². The number of nitrogens with zero attached hydrogens (tertiary/aromatic N) is 2. The molecule has 0 unspecified atom stereocenters. The number of hydrogen-bond acceptors (Lipinski definition) is 2. The van der Waals surface area contributed by atoms with Crippen molar-refractivity contribution in [2.75, 3.05) is 13.1 Å². The number of aryl methyl sites for hydroxylation is 1. The molecule has 0 spiro atoms. The Kier molecular flexibility index (Phi) is 4.22. The van der Waals surface area contributed by atoms with Crippen LogP contribution in [0.25, 0.3) is 10.9 Å². The molecule has 0 aliphatic carbocycles. The molecule has 0 saturated carbocycles. The third kappa shape index (κ3) is 3.20. The number of aromatic nitrogens is 1. The Hall–Kier alpha value is -2.51. The van der Waals surface area contributed by atoms with E-state index in [-0.39, 0.29) is 18.1 Å². The van der Waals surface area contributed by atoms with E-state index in [9.17, 15) is 22.8 Å². The number of benzene rings is 1. The third-order valence-electron chi connectivity index (χ3n) is 4.65. The monoisotopic (exact) mass is 354 g/mol. The number of aliphatic carboxylic acids is 1. The highest BCUT2D eigenvalue weighted by molar-refractivity contribution is 5.99.